The quantitative estimate of drug-likeness (QED) is 0.152. The number of aryl methyl sites for hydroxylation is 3. The highest BCUT2D eigenvalue weighted by Gasteiger charge is 2.36. The van der Waals surface area contributed by atoms with E-state index in [1.807, 2.05) is 18.9 Å². The number of piperidine rings is 3. The van der Waals surface area contributed by atoms with Gasteiger partial charge >= 0.3 is 17.7 Å². The number of H-pyrrole nitrogens is 3. The molecule has 378 valence electrons. The van der Waals surface area contributed by atoms with E-state index in [1.165, 1.54) is 29.4 Å². The molecule has 0 saturated carbocycles. The maximum absolute atomic E-state index is 12.7. The molecule has 3 aliphatic rings. The van der Waals surface area contributed by atoms with Gasteiger partial charge in [-0.25, -0.2) is 49.6 Å². The van der Waals surface area contributed by atoms with Gasteiger partial charge in [-0.15, -0.1) is 0 Å². The van der Waals surface area contributed by atoms with Gasteiger partial charge in [0.15, 0.2) is 0 Å². The zero-order valence-electron chi connectivity index (χ0n) is 60.3. The Hall–Kier alpha value is -7.86. The Balaban J connectivity index is 0.000000197. The molecule has 0 aliphatic carbocycles. The topological polar surface area (TPSA) is 208 Å². The molecule has 0 bridgehead atoms. The Bertz CT molecular complexity index is 3930. The molecule has 3 N–H and O–H groups in total. The van der Waals surface area contributed by atoms with Crippen LogP contribution in [0.4, 0.5) is 17.5 Å². The van der Waals surface area contributed by atoms with Gasteiger partial charge in [-0.2, -0.15) is 0 Å². The summed E-state index contributed by atoms with van der Waals surface area (Å²) in [6, 6.07) is -3.43. The number of aromatic amines is 3. The van der Waals surface area contributed by atoms with Crippen molar-refractivity contribution in [1.82, 2.24) is 59.6 Å². The van der Waals surface area contributed by atoms with Crippen LogP contribution in [0.25, 0.3) is 47.6 Å². The number of hydrogen-bond acceptors (Lipinski definition) is 12. The number of likely N-dealkylation sites (N-methyl/N-ethyl adjacent to an activating group) is 3. The predicted octanol–water partition coefficient (Wildman–Crippen LogP) is 5.58. The summed E-state index contributed by atoms with van der Waals surface area (Å²) in [6.07, 6.45) is 3.82. The van der Waals surface area contributed by atoms with Gasteiger partial charge in [0.25, 0.3) is 19.5 Å². The third-order valence-corrected chi connectivity index (χ3v) is 12.6. The molecular weight excluding hydrogens is 913 g/mol. The van der Waals surface area contributed by atoms with Crippen molar-refractivity contribution >= 4 is 68.3 Å². The second kappa shape index (κ2) is 22.9. The van der Waals surface area contributed by atoms with Crippen LogP contribution in [0.15, 0.2) is 37.1 Å². The number of nitrogens with one attached hydrogen (secondary N) is 3. The summed E-state index contributed by atoms with van der Waals surface area (Å²) in [5.41, 5.74) is 2.69. The molecule has 21 nitrogen and oxygen atoms in total. The van der Waals surface area contributed by atoms with Gasteiger partial charge < -0.3 is 58.9 Å². The number of likely N-dealkylation sites (tertiary alicyclic amines) is 3. The maximum Gasteiger partial charge on any atom is 0.302 e. The molecule has 0 spiro atoms. The summed E-state index contributed by atoms with van der Waals surface area (Å²) in [4.78, 5) is 86.8. The van der Waals surface area contributed by atoms with E-state index in [0.717, 1.165) is 6.33 Å². The number of anilines is 3. The molecule has 0 unspecified atom stereocenters. The van der Waals surface area contributed by atoms with Gasteiger partial charge in [0.2, 0.25) is 0 Å². The number of aromatic nitrogens is 9. The standard InChI is InChI=1S/3C17H22N6O/c3*1-11-5-6-23(15(24)8-18-3)9-14(11)22(4)17-13-7-12(2)21-16(13)19-10-20-17/h3*7,10-11,14H,5-6,8-9H2,1-2,4H3,(H,19,20,21)/t3*11-,14+/m111/s1/i1D3,4D3,7D,8D2,11D,14D;1D3,7D,8D2;7D,8D2. The highest BCUT2D eigenvalue weighted by molar-refractivity contribution is 5.90. The van der Waals surface area contributed by atoms with Crippen LogP contribution in [0.3, 0.4) is 0 Å². The third-order valence-electron chi connectivity index (χ3n) is 12.6. The molecule has 72 heavy (non-hydrogen) atoms. The zero-order valence-corrected chi connectivity index (χ0v) is 40.3. The molecule has 3 amide bonds. The smallest absolute Gasteiger partial charge is 0.302 e. The second-order valence-corrected chi connectivity index (χ2v) is 17.3. The molecule has 6 aromatic rings. The van der Waals surface area contributed by atoms with Crippen molar-refractivity contribution in [1.29, 1.82) is 0 Å². The van der Waals surface area contributed by atoms with Crippen molar-refractivity contribution in [2.45, 2.75) is 78.8 Å². The number of hydrogen-bond donors (Lipinski definition) is 3. The van der Waals surface area contributed by atoms with Gasteiger partial charge in [0.1, 0.15) is 61.6 Å². The molecule has 9 rings (SSSR count). The van der Waals surface area contributed by atoms with E-state index in [-0.39, 0.29) is 54.6 Å². The second-order valence-electron chi connectivity index (χ2n) is 17.3. The molecule has 3 saturated heterocycles. The normalized spacial score (nSPS) is 28.1. The lowest BCUT2D eigenvalue weighted by molar-refractivity contribution is -0.131. The molecule has 9 heterocycles. The lowest BCUT2D eigenvalue weighted by Crippen LogP contribution is -2.53. The van der Waals surface area contributed by atoms with Crippen LogP contribution in [0.2, 0.25) is 0 Å². The molecule has 3 aliphatic heterocycles. The van der Waals surface area contributed by atoms with E-state index in [4.69, 9.17) is 45.8 Å². The van der Waals surface area contributed by atoms with Crippen LogP contribution in [0.5, 0.6) is 0 Å². The first kappa shape index (κ1) is 31.5. The number of carbonyl (C=O) groups is 3. The molecule has 6 aromatic heterocycles. The lowest BCUT2D eigenvalue weighted by atomic mass is 9.92. The summed E-state index contributed by atoms with van der Waals surface area (Å²) in [6.45, 7) is 10.0. The van der Waals surface area contributed by atoms with Crippen molar-refractivity contribution in [2.75, 3.05) is 94.5 Å². The van der Waals surface area contributed by atoms with E-state index in [1.54, 1.807) is 18.9 Å². The van der Waals surface area contributed by atoms with Crippen LogP contribution in [0.1, 0.15) is 84.4 Å². The molecule has 0 radical (unpaired) electrons. The number of amides is 3. The first-order chi connectivity index (χ1) is 42.4. The monoisotopic (exact) mass is 999 g/mol. The van der Waals surface area contributed by atoms with E-state index < -0.39 is 107 Å². The third kappa shape index (κ3) is 11.5. The fourth-order valence-corrected chi connectivity index (χ4v) is 8.82. The largest absolute Gasteiger partial charge is 0.354 e. The molecular formula is C51H66N18O3. The molecule has 21 heteroatoms. The minimum absolute atomic E-state index is 0.0490. The Kier molecular flexibility index (Phi) is 10.0. The first-order valence-electron chi connectivity index (χ1n) is 32.6. The van der Waals surface area contributed by atoms with Gasteiger partial charge in [-0.3, -0.25) is 14.4 Å². The van der Waals surface area contributed by atoms with Crippen LogP contribution < -0.4 is 14.7 Å². The van der Waals surface area contributed by atoms with E-state index >= 15 is 0 Å². The summed E-state index contributed by atoms with van der Waals surface area (Å²) >= 11 is 0. The summed E-state index contributed by atoms with van der Waals surface area (Å²) < 4.78 is 161. The summed E-state index contributed by atoms with van der Waals surface area (Å²) in [7, 11) is 3.51. The highest BCUT2D eigenvalue weighted by Crippen LogP contribution is 2.32. The SMILES string of the molecule is [2H]c1c(C)[nH]c2ncnc(N(C([2H])([2H])[2H])[C@@]3([2H])CN(C(=O)C([2H])([2H])[N+]#[C-])CC[C@@]3([2H])C([2H])([2H])[2H])c12.[2H]c1c(C)[nH]c2ncnc(N(C)[C@H]3CN(C(=O)C([2H])([2H])[N+]#[C-])CC[C@H]3C([2H])([2H])[2H])c12.[2H]c1c(C)[nH]c2ncnc(N(C)[C@H]3CN(C(=O)C([2H])([2H])[N+]#[C-])CC[C@H]3C)c12. The number of nitrogens with zero attached hydrogens (tertiary/aromatic N) is 15. The Morgan fingerprint density at radius 3 is 1.43 bits per heavy atom. The van der Waals surface area contributed by atoms with Gasteiger partial charge in [-0.1, -0.05) is 20.6 Å². The Labute approximate surface area is 449 Å². The van der Waals surface area contributed by atoms with E-state index in [9.17, 15) is 15.8 Å². The minimum Gasteiger partial charge on any atom is -0.354 e. The summed E-state index contributed by atoms with van der Waals surface area (Å²) in [5, 5.41) is 0.951. The lowest BCUT2D eigenvalue weighted by Gasteiger charge is -2.41. The van der Waals surface area contributed by atoms with Crippen LogP contribution in [-0.2, 0) is 14.4 Å². The van der Waals surface area contributed by atoms with Crippen LogP contribution in [0, 0.1) is 58.2 Å². The average Bonchev–Trinajstić information content (AvgIpc) is 0.756. The fraction of sp³-hybridized carbons (Fsp3) is 0.529. The van der Waals surface area contributed by atoms with E-state index in [0.29, 0.717) is 86.1 Å². The maximum atomic E-state index is 12.7. The molecule has 6 atom stereocenters. The highest BCUT2D eigenvalue weighted by atomic mass is 16.2. The van der Waals surface area contributed by atoms with Gasteiger partial charge in [0, 0.05) is 91.1 Å². The number of fused-ring (bicyclic) bond motifs is 3. The molecule has 0 aromatic carbocycles. The number of carbonyl (C=O) groups excluding carboxylic acids is 3. The van der Waals surface area contributed by atoms with Crippen molar-refractivity contribution in [3.63, 3.8) is 0 Å². The van der Waals surface area contributed by atoms with Crippen molar-refractivity contribution in [3.8, 4) is 0 Å². The number of rotatable bonds is 9. The predicted molar refractivity (Wildman–Crippen MR) is 278 cm³/mol. The average molecular weight is 999 g/mol. The van der Waals surface area contributed by atoms with Gasteiger partial charge in [0.05, 0.1) is 39.7 Å². The Morgan fingerprint density at radius 2 is 1.03 bits per heavy atom. The summed E-state index contributed by atoms with van der Waals surface area (Å²) in [5.74, 6) is -6.07. The van der Waals surface area contributed by atoms with E-state index in [2.05, 4.69) is 66.3 Å². The van der Waals surface area contributed by atoms with Crippen LogP contribution >= 0.6 is 0 Å². The minimum atomic E-state index is -3.29. The first-order valence-corrected chi connectivity index (χ1v) is 22.6. The van der Waals surface area contributed by atoms with Crippen molar-refractivity contribution in [2.24, 2.45) is 17.7 Å². The zero-order chi connectivity index (χ0) is 69.1. The van der Waals surface area contributed by atoms with Crippen LogP contribution in [-0.4, -0.2) is 175 Å². The molecule has 3 fully saturated rings. The Morgan fingerprint density at radius 1 is 0.639 bits per heavy atom. The van der Waals surface area contributed by atoms with Gasteiger partial charge in [-0.05, 0) is 75.9 Å². The van der Waals surface area contributed by atoms with Crippen molar-refractivity contribution < 1.29 is 41.8 Å². The fourth-order valence-electron chi connectivity index (χ4n) is 8.82. The van der Waals surface area contributed by atoms with Crippen molar-refractivity contribution in [3.05, 3.63) is 88.4 Å².